The fourth-order valence-corrected chi connectivity index (χ4v) is 4.08. The summed E-state index contributed by atoms with van der Waals surface area (Å²) in [6.45, 7) is 2.32. The van der Waals surface area contributed by atoms with E-state index in [0.29, 0.717) is 13.2 Å². The quantitative estimate of drug-likeness (QED) is 0.559. The third kappa shape index (κ3) is 5.43. The van der Waals surface area contributed by atoms with Gasteiger partial charge in [0.1, 0.15) is 24.4 Å². The average Bonchev–Trinajstić information content (AvgIpc) is 2.86. The number of hydrogen-bond donors (Lipinski definition) is 0. The Balaban J connectivity index is 1.54. The summed E-state index contributed by atoms with van der Waals surface area (Å²) < 4.78 is 41.0. The third-order valence-corrected chi connectivity index (χ3v) is 5.85. The second kappa shape index (κ2) is 10.7. The fourth-order valence-electron chi connectivity index (χ4n) is 4.08. The summed E-state index contributed by atoms with van der Waals surface area (Å²) in [5.41, 5.74) is 2.01. The number of hydrogen-bond acceptors (Lipinski definition) is 8. The Morgan fingerprint density at radius 2 is 1.55 bits per heavy atom. The molecular weight excluding hydrogens is 428 g/mol. The number of fused-ring (bicyclic) bond motifs is 1. The number of ether oxygens (including phenoxy) is 7. The molecule has 178 valence electrons. The van der Waals surface area contributed by atoms with Crippen LogP contribution < -0.4 is 0 Å². The minimum Gasteiger partial charge on any atom is -0.465 e. The van der Waals surface area contributed by atoms with Gasteiger partial charge < -0.3 is 33.2 Å². The van der Waals surface area contributed by atoms with E-state index in [2.05, 4.69) is 0 Å². The van der Waals surface area contributed by atoms with Crippen molar-refractivity contribution in [3.63, 3.8) is 0 Å². The summed E-state index contributed by atoms with van der Waals surface area (Å²) in [6.07, 6.45) is -3.04. The first-order valence-electron chi connectivity index (χ1n) is 10.9. The van der Waals surface area contributed by atoms with Crippen molar-refractivity contribution in [3.05, 3.63) is 71.8 Å². The van der Waals surface area contributed by atoms with Crippen LogP contribution in [0.2, 0.25) is 0 Å². The molecule has 2 aliphatic rings. The monoisotopic (exact) mass is 458 g/mol. The van der Waals surface area contributed by atoms with Gasteiger partial charge in [-0.25, -0.2) is 4.79 Å². The predicted octanol–water partition coefficient (Wildman–Crippen LogP) is 2.83. The zero-order chi connectivity index (χ0) is 23.3. The molecule has 0 radical (unpaired) electrons. The minimum atomic E-state index is -1.56. The molecule has 33 heavy (non-hydrogen) atoms. The van der Waals surface area contributed by atoms with Gasteiger partial charge in [0.15, 0.2) is 6.29 Å². The first-order valence-corrected chi connectivity index (χ1v) is 10.9. The van der Waals surface area contributed by atoms with Gasteiger partial charge in [0, 0.05) is 14.0 Å². The van der Waals surface area contributed by atoms with Crippen LogP contribution in [0.4, 0.5) is 0 Å². The van der Waals surface area contributed by atoms with Crippen LogP contribution in [-0.4, -0.2) is 63.3 Å². The molecule has 0 saturated carbocycles. The SMILES string of the molecule is COC(=O)[C@]1(C)OC[C@H]2O[C@@H](OCc3ccccc3)[C@H](OCc3ccccc3)[C@@H](OC)[C@@H]2O1. The Bertz CT molecular complexity index is 892. The van der Waals surface area contributed by atoms with Gasteiger partial charge in [-0.1, -0.05) is 60.7 Å². The average molecular weight is 459 g/mol. The van der Waals surface area contributed by atoms with Crippen molar-refractivity contribution in [3.8, 4) is 0 Å². The normalized spacial score (nSPS) is 31.5. The zero-order valence-electron chi connectivity index (χ0n) is 19.0. The molecule has 2 heterocycles. The molecule has 2 fully saturated rings. The Kier molecular flexibility index (Phi) is 7.75. The molecule has 0 aromatic heterocycles. The standard InChI is InChI=1S/C25H30O8/c1-25(24(26)28-3)31-16-19-20(33-25)21(27-2)22(29-14-17-10-6-4-7-11-17)23(32-19)30-15-18-12-8-5-9-13-18/h4-13,19-23H,14-16H2,1-3H3/t19-,20-,21+,22-,23-,25-/m1/s1. The molecule has 0 spiro atoms. The smallest absolute Gasteiger partial charge is 0.366 e. The van der Waals surface area contributed by atoms with Gasteiger partial charge in [-0.3, -0.25) is 0 Å². The van der Waals surface area contributed by atoms with E-state index >= 15 is 0 Å². The molecule has 0 bridgehead atoms. The van der Waals surface area contributed by atoms with E-state index < -0.39 is 42.5 Å². The maximum atomic E-state index is 12.3. The van der Waals surface area contributed by atoms with E-state index in [1.807, 2.05) is 60.7 Å². The molecular formula is C25H30O8. The lowest BCUT2D eigenvalue weighted by atomic mass is 9.96. The third-order valence-electron chi connectivity index (χ3n) is 5.85. The molecule has 2 aromatic rings. The van der Waals surface area contributed by atoms with Crippen LogP contribution in [0.25, 0.3) is 0 Å². The number of benzene rings is 2. The van der Waals surface area contributed by atoms with Crippen LogP contribution in [0, 0.1) is 0 Å². The maximum Gasteiger partial charge on any atom is 0.366 e. The van der Waals surface area contributed by atoms with E-state index in [4.69, 9.17) is 33.2 Å². The highest BCUT2D eigenvalue weighted by Gasteiger charge is 2.56. The van der Waals surface area contributed by atoms with Gasteiger partial charge in [0.2, 0.25) is 0 Å². The van der Waals surface area contributed by atoms with Crippen molar-refractivity contribution in [1.29, 1.82) is 0 Å². The lowest BCUT2D eigenvalue weighted by Crippen LogP contribution is -2.67. The summed E-state index contributed by atoms with van der Waals surface area (Å²) >= 11 is 0. The first-order chi connectivity index (χ1) is 16.0. The number of methoxy groups -OCH3 is 2. The highest BCUT2D eigenvalue weighted by molar-refractivity contribution is 5.77. The van der Waals surface area contributed by atoms with Gasteiger partial charge in [-0.15, -0.1) is 0 Å². The Labute approximate surface area is 193 Å². The topological polar surface area (TPSA) is 81.7 Å². The number of carbonyl (C=O) groups excluding carboxylic acids is 1. The van der Waals surface area contributed by atoms with Crippen LogP contribution in [0.5, 0.6) is 0 Å². The highest BCUT2D eigenvalue weighted by Crippen LogP contribution is 2.36. The largest absolute Gasteiger partial charge is 0.465 e. The van der Waals surface area contributed by atoms with Crippen molar-refractivity contribution in [1.82, 2.24) is 0 Å². The van der Waals surface area contributed by atoms with Crippen LogP contribution in [0.15, 0.2) is 60.7 Å². The summed E-state index contributed by atoms with van der Waals surface area (Å²) in [5.74, 6) is -2.18. The lowest BCUT2D eigenvalue weighted by molar-refractivity contribution is -0.386. The molecule has 0 N–H and O–H groups in total. The van der Waals surface area contributed by atoms with E-state index in [1.54, 1.807) is 7.11 Å². The van der Waals surface area contributed by atoms with Gasteiger partial charge in [-0.05, 0) is 11.1 Å². The van der Waals surface area contributed by atoms with Crippen LogP contribution >= 0.6 is 0 Å². The van der Waals surface area contributed by atoms with Crippen LogP contribution in [-0.2, 0) is 51.2 Å². The second-order valence-electron chi connectivity index (χ2n) is 8.13. The van der Waals surface area contributed by atoms with Crippen molar-refractivity contribution in [2.45, 2.75) is 56.6 Å². The summed E-state index contributed by atoms with van der Waals surface area (Å²) in [4.78, 5) is 12.3. The molecule has 8 heteroatoms. The van der Waals surface area contributed by atoms with Crippen molar-refractivity contribution >= 4 is 5.97 Å². The van der Waals surface area contributed by atoms with Crippen LogP contribution in [0.3, 0.4) is 0 Å². The molecule has 8 nitrogen and oxygen atoms in total. The predicted molar refractivity (Wildman–Crippen MR) is 117 cm³/mol. The van der Waals surface area contributed by atoms with Gasteiger partial charge >= 0.3 is 5.97 Å². The summed E-state index contributed by atoms with van der Waals surface area (Å²) in [5, 5.41) is 0. The molecule has 2 aliphatic heterocycles. The molecule has 2 aromatic carbocycles. The lowest BCUT2D eigenvalue weighted by Gasteiger charge is -2.50. The Morgan fingerprint density at radius 1 is 0.939 bits per heavy atom. The fraction of sp³-hybridized carbons (Fsp3) is 0.480. The van der Waals surface area contributed by atoms with Crippen molar-refractivity contribution < 1.29 is 38.0 Å². The molecule has 4 rings (SSSR count). The second-order valence-corrected chi connectivity index (χ2v) is 8.13. The van der Waals surface area contributed by atoms with Crippen molar-refractivity contribution in [2.24, 2.45) is 0 Å². The van der Waals surface area contributed by atoms with E-state index in [1.165, 1.54) is 14.0 Å². The molecule has 0 aliphatic carbocycles. The first kappa shape index (κ1) is 23.8. The summed E-state index contributed by atoms with van der Waals surface area (Å²) in [6, 6.07) is 19.6. The zero-order valence-corrected chi connectivity index (χ0v) is 19.0. The van der Waals surface area contributed by atoms with Gasteiger partial charge in [-0.2, -0.15) is 0 Å². The molecule has 0 unspecified atom stereocenters. The van der Waals surface area contributed by atoms with Crippen LogP contribution in [0.1, 0.15) is 18.1 Å². The minimum absolute atomic E-state index is 0.118. The van der Waals surface area contributed by atoms with Gasteiger partial charge in [0.25, 0.3) is 5.79 Å². The van der Waals surface area contributed by atoms with E-state index in [-0.39, 0.29) is 6.61 Å². The van der Waals surface area contributed by atoms with Gasteiger partial charge in [0.05, 0.1) is 26.9 Å². The Morgan fingerprint density at radius 3 is 2.12 bits per heavy atom. The van der Waals surface area contributed by atoms with Crippen molar-refractivity contribution in [2.75, 3.05) is 20.8 Å². The highest BCUT2D eigenvalue weighted by atomic mass is 16.8. The molecule has 0 amide bonds. The molecule has 6 atom stereocenters. The summed E-state index contributed by atoms with van der Waals surface area (Å²) in [7, 11) is 2.87. The number of carbonyl (C=O) groups is 1. The number of rotatable bonds is 8. The van der Waals surface area contributed by atoms with E-state index in [9.17, 15) is 4.79 Å². The molecule has 2 saturated heterocycles. The Hall–Kier alpha value is -2.33. The number of esters is 1. The van der Waals surface area contributed by atoms with E-state index in [0.717, 1.165) is 11.1 Å². The maximum absolute atomic E-state index is 12.3.